The van der Waals surface area contributed by atoms with Gasteiger partial charge in [-0.2, -0.15) is 5.10 Å². The minimum atomic E-state index is -0.446. The van der Waals surface area contributed by atoms with Crippen molar-refractivity contribution in [2.24, 2.45) is 0 Å². The number of nitrogens with zero attached hydrogens (tertiary/aromatic N) is 2. The molecule has 0 atom stereocenters. The van der Waals surface area contributed by atoms with Gasteiger partial charge in [-0.1, -0.05) is 6.07 Å². The predicted octanol–water partition coefficient (Wildman–Crippen LogP) is 2.77. The summed E-state index contributed by atoms with van der Waals surface area (Å²) >= 11 is 6.79. The molecule has 1 aromatic carbocycles. The molecule has 0 spiro atoms. The molecule has 0 saturated heterocycles. The van der Waals surface area contributed by atoms with Crippen molar-refractivity contribution in [3.63, 3.8) is 0 Å². The van der Waals surface area contributed by atoms with Crippen LogP contribution in [0.5, 0.6) is 0 Å². The van der Waals surface area contributed by atoms with Gasteiger partial charge < -0.3 is 0 Å². The SMILES string of the molecule is CSc1ccc(-c2cnn(Cl)c(=O)c2)cc1F. The zero-order chi connectivity index (χ0) is 12.4. The first-order valence-corrected chi connectivity index (χ1v) is 6.27. The summed E-state index contributed by atoms with van der Waals surface area (Å²) < 4.78 is 14.3. The number of aromatic nitrogens is 2. The van der Waals surface area contributed by atoms with Crippen molar-refractivity contribution in [1.82, 2.24) is 9.30 Å². The number of rotatable bonds is 2. The lowest BCUT2D eigenvalue weighted by Gasteiger charge is -2.04. The van der Waals surface area contributed by atoms with Gasteiger partial charge in [-0.15, -0.1) is 16.0 Å². The molecule has 0 fully saturated rings. The summed E-state index contributed by atoms with van der Waals surface area (Å²) in [5.74, 6) is -0.315. The van der Waals surface area contributed by atoms with Crippen LogP contribution >= 0.6 is 23.5 Å². The van der Waals surface area contributed by atoms with Crippen LogP contribution in [-0.2, 0) is 0 Å². The van der Waals surface area contributed by atoms with Gasteiger partial charge in [0.05, 0.1) is 6.20 Å². The normalized spacial score (nSPS) is 10.5. The molecule has 6 heteroatoms. The Hall–Kier alpha value is -1.33. The monoisotopic (exact) mass is 270 g/mol. The van der Waals surface area contributed by atoms with Gasteiger partial charge in [0.1, 0.15) is 5.82 Å². The van der Waals surface area contributed by atoms with Crippen LogP contribution in [0.15, 0.2) is 40.2 Å². The Balaban J connectivity index is 2.50. The summed E-state index contributed by atoms with van der Waals surface area (Å²) in [7, 11) is 0. The highest BCUT2D eigenvalue weighted by Crippen LogP contribution is 2.24. The summed E-state index contributed by atoms with van der Waals surface area (Å²) in [5.41, 5.74) is 0.694. The third-order valence-corrected chi connectivity index (χ3v) is 3.27. The summed E-state index contributed by atoms with van der Waals surface area (Å²) in [5, 5.41) is 3.67. The third-order valence-electron chi connectivity index (χ3n) is 2.24. The van der Waals surface area contributed by atoms with Crippen molar-refractivity contribution in [1.29, 1.82) is 0 Å². The van der Waals surface area contributed by atoms with E-state index in [-0.39, 0.29) is 5.82 Å². The highest BCUT2D eigenvalue weighted by Gasteiger charge is 2.06. The van der Waals surface area contributed by atoms with Crippen molar-refractivity contribution < 1.29 is 4.39 Å². The quantitative estimate of drug-likeness (QED) is 0.787. The molecule has 1 aromatic heterocycles. The molecule has 2 rings (SSSR count). The van der Waals surface area contributed by atoms with Gasteiger partial charge in [0.15, 0.2) is 0 Å². The van der Waals surface area contributed by atoms with E-state index in [1.807, 2.05) is 0 Å². The van der Waals surface area contributed by atoms with Crippen LogP contribution in [0.1, 0.15) is 0 Å². The molecule has 0 radical (unpaired) electrons. The van der Waals surface area contributed by atoms with Crippen molar-refractivity contribution in [2.75, 3.05) is 6.26 Å². The summed E-state index contributed by atoms with van der Waals surface area (Å²) in [4.78, 5) is 11.9. The Morgan fingerprint density at radius 2 is 2.12 bits per heavy atom. The molecule has 0 amide bonds. The molecule has 3 nitrogen and oxygen atoms in total. The van der Waals surface area contributed by atoms with Gasteiger partial charge in [-0.25, -0.2) is 4.39 Å². The summed E-state index contributed by atoms with van der Waals surface area (Å²) in [6.45, 7) is 0. The van der Waals surface area contributed by atoms with E-state index in [2.05, 4.69) is 5.10 Å². The molecule has 0 aliphatic carbocycles. The maximum atomic E-state index is 13.6. The zero-order valence-corrected chi connectivity index (χ0v) is 10.4. The van der Waals surface area contributed by atoms with Gasteiger partial charge in [-0.3, -0.25) is 4.79 Å². The minimum absolute atomic E-state index is 0.315. The van der Waals surface area contributed by atoms with E-state index in [1.54, 1.807) is 18.4 Å². The first kappa shape index (κ1) is 12.1. The van der Waals surface area contributed by atoms with E-state index >= 15 is 0 Å². The van der Waals surface area contributed by atoms with Gasteiger partial charge in [-0.05, 0) is 24.0 Å². The third kappa shape index (κ3) is 2.50. The first-order valence-electron chi connectivity index (χ1n) is 4.71. The average Bonchev–Trinajstić information content (AvgIpc) is 2.32. The number of halogens is 2. The second-order valence-electron chi connectivity index (χ2n) is 3.29. The summed E-state index contributed by atoms with van der Waals surface area (Å²) in [6.07, 6.45) is 3.22. The van der Waals surface area contributed by atoms with Crippen LogP contribution in [0.2, 0.25) is 0 Å². The van der Waals surface area contributed by atoms with Crippen molar-refractivity contribution >= 4 is 23.5 Å². The van der Waals surface area contributed by atoms with Crippen molar-refractivity contribution in [3.05, 3.63) is 46.6 Å². The lowest BCUT2D eigenvalue weighted by Crippen LogP contribution is -2.13. The van der Waals surface area contributed by atoms with Crippen LogP contribution in [0.25, 0.3) is 11.1 Å². The van der Waals surface area contributed by atoms with E-state index in [0.29, 0.717) is 20.2 Å². The van der Waals surface area contributed by atoms with Crippen molar-refractivity contribution in [3.8, 4) is 11.1 Å². The largest absolute Gasteiger partial charge is 0.282 e. The Kier molecular flexibility index (Phi) is 3.49. The van der Waals surface area contributed by atoms with Crippen LogP contribution in [-0.4, -0.2) is 15.6 Å². The fourth-order valence-corrected chi connectivity index (χ4v) is 1.95. The second kappa shape index (κ2) is 4.89. The van der Waals surface area contributed by atoms with E-state index in [0.717, 1.165) is 0 Å². The highest BCUT2D eigenvalue weighted by molar-refractivity contribution is 7.98. The van der Waals surface area contributed by atoms with Gasteiger partial charge >= 0.3 is 0 Å². The van der Waals surface area contributed by atoms with Crippen LogP contribution < -0.4 is 5.56 Å². The molecule has 17 heavy (non-hydrogen) atoms. The molecule has 0 N–H and O–H groups in total. The molecule has 0 aliphatic heterocycles. The molecular formula is C11H8ClFN2OS. The fraction of sp³-hybridized carbons (Fsp3) is 0.0909. The Bertz CT molecular complexity index is 615. The van der Waals surface area contributed by atoms with E-state index in [4.69, 9.17) is 11.8 Å². The number of hydrogen-bond donors (Lipinski definition) is 0. The Morgan fingerprint density at radius 3 is 2.71 bits per heavy atom. The fourth-order valence-electron chi connectivity index (χ4n) is 1.40. The standard InChI is InChI=1S/C11H8ClFN2OS/c1-17-10-3-2-7(4-9(10)13)8-5-11(16)15(12)14-6-8/h2-6H,1H3. The number of benzene rings is 1. The molecule has 0 unspecified atom stereocenters. The zero-order valence-electron chi connectivity index (χ0n) is 8.85. The molecule has 88 valence electrons. The van der Waals surface area contributed by atoms with Crippen LogP contribution in [0.3, 0.4) is 0 Å². The van der Waals surface area contributed by atoms with Gasteiger partial charge in [0.25, 0.3) is 5.56 Å². The molecule has 1 heterocycles. The molecule has 0 saturated carbocycles. The number of thioether (sulfide) groups is 1. The molecule has 2 aromatic rings. The van der Waals surface area contributed by atoms with Gasteiger partial charge in [0, 0.05) is 28.3 Å². The maximum absolute atomic E-state index is 13.6. The smallest absolute Gasteiger partial charge is 0.266 e. The first-order chi connectivity index (χ1) is 8.11. The average molecular weight is 271 g/mol. The molecular weight excluding hydrogens is 263 g/mol. The van der Waals surface area contributed by atoms with Crippen LogP contribution in [0.4, 0.5) is 4.39 Å². The van der Waals surface area contributed by atoms with Crippen molar-refractivity contribution in [2.45, 2.75) is 4.90 Å². The Labute approximate surface area is 106 Å². The lowest BCUT2D eigenvalue weighted by atomic mass is 10.1. The predicted molar refractivity (Wildman–Crippen MR) is 66.9 cm³/mol. The van der Waals surface area contributed by atoms with Crippen LogP contribution in [0, 0.1) is 5.82 Å². The molecule has 0 bridgehead atoms. The minimum Gasteiger partial charge on any atom is -0.266 e. The molecule has 0 aliphatic rings. The number of hydrogen-bond acceptors (Lipinski definition) is 3. The maximum Gasteiger partial charge on any atom is 0.282 e. The highest BCUT2D eigenvalue weighted by atomic mass is 35.5. The van der Waals surface area contributed by atoms with E-state index < -0.39 is 5.56 Å². The van der Waals surface area contributed by atoms with Gasteiger partial charge in [0.2, 0.25) is 0 Å². The Morgan fingerprint density at radius 1 is 1.35 bits per heavy atom. The topological polar surface area (TPSA) is 34.9 Å². The summed E-state index contributed by atoms with van der Waals surface area (Å²) in [6, 6.07) is 6.10. The van der Waals surface area contributed by atoms with E-state index in [9.17, 15) is 9.18 Å². The lowest BCUT2D eigenvalue weighted by molar-refractivity contribution is 0.603. The second-order valence-corrected chi connectivity index (χ2v) is 4.46. The van der Waals surface area contributed by atoms with E-state index in [1.165, 1.54) is 30.1 Å².